The SMILES string of the molecule is CCN(CC)CCNC(=O)c1cc(-c2ccccc2N)ccc1OC. The third-order valence-corrected chi connectivity index (χ3v) is 4.32. The van der Waals surface area contributed by atoms with Crippen LogP contribution in [0.5, 0.6) is 5.75 Å². The summed E-state index contributed by atoms with van der Waals surface area (Å²) in [5, 5.41) is 2.97. The van der Waals surface area contributed by atoms with Crippen LogP contribution in [-0.4, -0.2) is 44.1 Å². The Bertz CT molecular complexity index is 712. The van der Waals surface area contributed by atoms with Gasteiger partial charge < -0.3 is 20.7 Å². The fraction of sp³-hybridized carbons (Fsp3) is 0.350. The Hall–Kier alpha value is -2.53. The number of para-hydroxylation sites is 1. The summed E-state index contributed by atoms with van der Waals surface area (Å²) in [6, 6.07) is 13.2. The maximum atomic E-state index is 12.6. The third-order valence-electron chi connectivity index (χ3n) is 4.32. The number of ether oxygens (including phenoxy) is 1. The second-order valence-corrected chi connectivity index (χ2v) is 5.79. The standard InChI is InChI=1S/C20H27N3O2/c1-4-23(5-2)13-12-22-20(24)17-14-15(10-11-19(17)25-3)16-8-6-7-9-18(16)21/h6-11,14H,4-5,12-13,21H2,1-3H3,(H,22,24). The number of rotatable bonds is 8. The topological polar surface area (TPSA) is 67.6 Å². The van der Waals surface area contributed by atoms with Crippen LogP contribution >= 0.6 is 0 Å². The van der Waals surface area contributed by atoms with E-state index in [0.29, 0.717) is 23.5 Å². The van der Waals surface area contributed by atoms with E-state index in [1.807, 2.05) is 36.4 Å². The number of hydrogen-bond donors (Lipinski definition) is 2. The number of carbonyl (C=O) groups excluding carboxylic acids is 1. The fourth-order valence-corrected chi connectivity index (χ4v) is 2.78. The molecular formula is C20H27N3O2. The smallest absolute Gasteiger partial charge is 0.255 e. The molecule has 2 aromatic rings. The zero-order chi connectivity index (χ0) is 18.2. The van der Waals surface area contributed by atoms with Crippen molar-refractivity contribution in [1.82, 2.24) is 10.2 Å². The number of methoxy groups -OCH3 is 1. The maximum absolute atomic E-state index is 12.6. The molecule has 25 heavy (non-hydrogen) atoms. The van der Waals surface area contributed by atoms with Crippen LogP contribution < -0.4 is 15.8 Å². The summed E-state index contributed by atoms with van der Waals surface area (Å²) in [5.74, 6) is 0.416. The van der Waals surface area contributed by atoms with Crippen molar-refractivity contribution in [3.63, 3.8) is 0 Å². The summed E-state index contributed by atoms with van der Waals surface area (Å²) in [7, 11) is 1.57. The van der Waals surface area contributed by atoms with Crippen molar-refractivity contribution in [3.05, 3.63) is 48.0 Å². The molecule has 0 atom stereocenters. The summed E-state index contributed by atoms with van der Waals surface area (Å²) in [5.41, 5.74) is 9.05. The first kappa shape index (κ1) is 18.8. The first-order valence-corrected chi connectivity index (χ1v) is 8.64. The number of amides is 1. The van der Waals surface area contributed by atoms with E-state index in [4.69, 9.17) is 10.5 Å². The van der Waals surface area contributed by atoms with Gasteiger partial charge >= 0.3 is 0 Å². The van der Waals surface area contributed by atoms with E-state index in [9.17, 15) is 4.79 Å². The zero-order valence-electron chi connectivity index (χ0n) is 15.2. The van der Waals surface area contributed by atoms with Crippen molar-refractivity contribution in [2.24, 2.45) is 0 Å². The number of nitrogens with one attached hydrogen (secondary N) is 1. The highest BCUT2D eigenvalue weighted by atomic mass is 16.5. The van der Waals surface area contributed by atoms with Crippen LogP contribution in [0.2, 0.25) is 0 Å². The second-order valence-electron chi connectivity index (χ2n) is 5.79. The number of anilines is 1. The van der Waals surface area contributed by atoms with E-state index in [-0.39, 0.29) is 5.91 Å². The van der Waals surface area contributed by atoms with Gasteiger partial charge in [-0.3, -0.25) is 4.79 Å². The predicted octanol–water partition coefficient (Wildman–Crippen LogP) is 3.02. The third kappa shape index (κ3) is 4.73. The quantitative estimate of drug-likeness (QED) is 0.724. The highest BCUT2D eigenvalue weighted by Gasteiger charge is 2.14. The van der Waals surface area contributed by atoms with Gasteiger partial charge in [0.1, 0.15) is 5.75 Å². The average molecular weight is 341 g/mol. The number of nitrogens with zero attached hydrogens (tertiary/aromatic N) is 1. The van der Waals surface area contributed by atoms with E-state index < -0.39 is 0 Å². The van der Waals surface area contributed by atoms with Gasteiger partial charge in [-0.15, -0.1) is 0 Å². The molecule has 0 aliphatic carbocycles. The minimum absolute atomic E-state index is 0.139. The van der Waals surface area contributed by atoms with Crippen LogP contribution in [0.4, 0.5) is 5.69 Å². The minimum Gasteiger partial charge on any atom is -0.496 e. The lowest BCUT2D eigenvalue weighted by atomic mass is 10.0. The summed E-state index contributed by atoms with van der Waals surface area (Å²) < 4.78 is 5.35. The molecule has 0 heterocycles. The molecule has 0 fully saturated rings. The Balaban J connectivity index is 2.19. The van der Waals surface area contributed by atoms with Crippen LogP contribution in [0, 0.1) is 0 Å². The van der Waals surface area contributed by atoms with Gasteiger partial charge in [0.05, 0.1) is 12.7 Å². The molecule has 0 aliphatic heterocycles. The van der Waals surface area contributed by atoms with Crippen molar-refractivity contribution in [2.75, 3.05) is 39.0 Å². The molecule has 0 unspecified atom stereocenters. The molecule has 0 radical (unpaired) electrons. The van der Waals surface area contributed by atoms with Crippen LogP contribution in [0.25, 0.3) is 11.1 Å². The molecular weight excluding hydrogens is 314 g/mol. The number of benzene rings is 2. The van der Waals surface area contributed by atoms with Gasteiger partial charge in [0.15, 0.2) is 0 Å². The number of likely N-dealkylation sites (N-methyl/N-ethyl adjacent to an activating group) is 1. The molecule has 134 valence electrons. The monoisotopic (exact) mass is 341 g/mol. The molecule has 5 heteroatoms. The summed E-state index contributed by atoms with van der Waals surface area (Å²) >= 11 is 0. The second kappa shape index (κ2) is 9.08. The zero-order valence-corrected chi connectivity index (χ0v) is 15.2. The van der Waals surface area contributed by atoms with Gasteiger partial charge in [0.25, 0.3) is 5.91 Å². The minimum atomic E-state index is -0.139. The molecule has 5 nitrogen and oxygen atoms in total. The largest absolute Gasteiger partial charge is 0.496 e. The van der Waals surface area contributed by atoms with E-state index in [0.717, 1.165) is 30.8 Å². The van der Waals surface area contributed by atoms with Gasteiger partial charge in [-0.05, 0) is 36.9 Å². The number of nitrogen functional groups attached to an aromatic ring is 1. The molecule has 0 aliphatic rings. The summed E-state index contributed by atoms with van der Waals surface area (Å²) in [4.78, 5) is 14.9. The highest BCUT2D eigenvalue weighted by molar-refractivity contribution is 5.98. The van der Waals surface area contributed by atoms with E-state index >= 15 is 0 Å². The Kier molecular flexibility index (Phi) is 6.83. The van der Waals surface area contributed by atoms with Gasteiger partial charge in [-0.25, -0.2) is 0 Å². The lowest BCUT2D eigenvalue weighted by molar-refractivity contribution is 0.0946. The molecule has 0 saturated heterocycles. The Labute approximate surface area is 149 Å². The van der Waals surface area contributed by atoms with Crippen molar-refractivity contribution >= 4 is 11.6 Å². The number of nitrogens with two attached hydrogens (primary N) is 1. The predicted molar refractivity (Wildman–Crippen MR) is 103 cm³/mol. The fourth-order valence-electron chi connectivity index (χ4n) is 2.78. The van der Waals surface area contributed by atoms with Gasteiger partial charge in [-0.2, -0.15) is 0 Å². The van der Waals surface area contributed by atoms with Crippen LogP contribution in [0.1, 0.15) is 24.2 Å². The molecule has 0 saturated carbocycles. The van der Waals surface area contributed by atoms with Crippen molar-refractivity contribution in [1.29, 1.82) is 0 Å². The van der Waals surface area contributed by atoms with Crippen LogP contribution in [0.15, 0.2) is 42.5 Å². The lowest BCUT2D eigenvalue weighted by Crippen LogP contribution is -2.34. The van der Waals surface area contributed by atoms with Crippen molar-refractivity contribution in [2.45, 2.75) is 13.8 Å². The number of hydrogen-bond acceptors (Lipinski definition) is 4. The van der Waals surface area contributed by atoms with E-state index in [2.05, 4.69) is 24.1 Å². The molecule has 2 aromatic carbocycles. The summed E-state index contributed by atoms with van der Waals surface area (Å²) in [6.45, 7) is 7.59. The Morgan fingerprint density at radius 2 is 1.88 bits per heavy atom. The van der Waals surface area contributed by atoms with Gasteiger partial charge in [0.2, 0.25) is 0 Å². The molecule has 3 N–H and O–H groups in total. The molecule has 0 spiro atoms. The first-order valence-electron chi connectivity index (χ1n) is 8.64. The van der Waals surface area contributed by atoms with Gasteiger partial charge in [0, 0.05) is 24.3 Å². The Morgan fingerprint density at radius 3 is 2.52 bits per heavy atom. The van der Waals surface area contributed by atoms with Gasteiger partial charge in [-0.1, -0.05) is 38.1 Å². The maximum Gasteiger partial charge on any atom is 0.255 e. The molecule has 0 bridgehead atoms. The van der Waals surface area contributed by atoms with Crippen molar-refractivity contribution in [3.8, 4) is 16.9 Å². The molecule has 2 rings (SSSR count). The summed E-state index contributed by atoms with van der Waals surface area (Å²) in [6.07, 6.45) is 0. The van der Waals surface area contributed by atoms with E-state index in [1.165, 1.54) is 0 Å². The lowest BCUT2D eigenvalue weighted by Gasteiger charge is -2.18. The molecule has 1 amide bonds. The molecule has 0 aromatic heterocycles. The number of carbonyl (C=O) groups is 1. The van der Waals surface area contributed by atoms with Crippen LogP contribution in [0.3, 0.4) is 0 Å². The van der Waals surface area contributed by atoms with Crippen molar-refractivity contribution < 1.29 is 9.53 Å². The average Bonchev–Trinajstić information content (AvgIpc) is 2.65. The highest BCUT2D eigenvalue weighted by Crippen LogP contribution is 2.30. The van der Waals surface area contributed by atoms with E-state index in [1.54, 1.807) is 13.2 Å². The first-order chi connectivity index (χ1) is 12.1. The Morgan fingerprint density at radius 1 is 1.16 bits per heavy atom. The van der Waals surface area contributed by atoms with Crippen LogP contribution in [-0.2, 0) is 0 Å². The normalized spacial score (nSPS) is 10.7.